The zero-order chi connectivity index (χ0) is 22.1. The Bertz CT molecular complexity index is 784. The van der Waals surface area contributed by atoms with Gasteiger partial charge < -0.3 is 9.97 Å². The second-order valence-corrected chi connectivity index (χ2v) is 14.0. The van der Waals surface area contributed by atoms with Crippen LogP contribution in [0.3, 0.4) is 0 Å². The van der Waals surface area contributed by atoms with Gasteiger partial charge in [-0.15, -0.1) is 0 Å². The van der Waals surface area contributed by atoms with E-state index >= 15 is 0 Å². The van der Waals surface area contributed by atoms with Gasteiger partial charge in [-0.1, -0.05) is 56.0 Å². The molecule has 0 aliphatic carbocycles. The number of nitrogens with zero attached hydrogens (tertiary/aromatic N) is 2. The van der Waals surface area contributed by atoms with Crippen LogP contribution in [0.5, 0.6) is 0 Å². The van der Waals surface area contributed by atoms with E-state index in [1.54, 1.807) is 0 Å². The molecule has 0 radical (unpaired) electrons. The normalized spacial score (nSPS) is 20.8. The molecule has 31 heavy (non-hydrogen) atoms. The summed E-state index contributed by atoms with van der Waals surface area (Å²) in [6.07, 6.45) is 8.87. The Morgan fingerprint density at radius 1 is 0.903 bits per heavy atom. The van der Waals surface area contributed by atoms with Crippen LogP contribution < -0.4 is 4.90 Å². The Morgan fingerprint density at radius 2 is 1.45 bits per heavy atom. The molecule has 2 aliphatic heterocycles. The molecule has 0 saturated carbocycles. The first kappa shape index (κ1) is 25.6. The molecular formula is C19H28N4O2S6. The molecule has 1 aromatic rings. The lowest BCUT2D eigenvalue weighted by Gasteiger charge is -2.20. The summed E-state index contributed by atoms with van der Waals surface area (Å²) >= 11 is 10.2. The monoisotopic (exact) mass is 536 g/mol. The Hall–Kier alpha value is -0.0100. The van der Waals surface area contributed by atoms with Crippen molar-refractivity contribution in [3.8, 4) is 0 Å². The predicted molar refractivity (Wildman–Crippen MR) is 141 cm³/mol. The van der Waals surface area contributed by atoms with E-state index in [2.05, 4.69) is 15.0 Å². The maximum absolute atomic E-state index is 13.0. The minimum absolute atomic E-state index is 0.134. The van der Waals surface area contributed by atoms with Gasteiger partial charge >= 0.3 is 0 Å². The van der Waals surface area contributed by atoms with Crippen molar-refractivity contribution < 1.29 is 9.59 Å². The van der Waals surface area contributed by atoms with Crippen molar-refractivity contribution in [1.82, 2.24) is 15.0 Å². The van der Waals surface area contributed by atoms with Crippen molar-refractivity contribution >= 4 is 85.4 Å². The van der Waals surface area contributed by atoms with Crippen molar-refractivity contribution in [2.24, 2.45) is 0 Å². The van der Waals surface area contributed by atoms with E-state index < -0.39 is 0 Å². The summed E-state index contributed by atoms with van der Waals surface area (Å²) in [5.41, 5.74) is 0. The number of amides is 2. The second kappa shape index (κ2) is 13.6. The Labute approximate surface area is 209 Å². The van der Waals surface area contributed by atoms with Gasteiger partial charge in [0.1, 0.15) is 0 Å². The molecule has 12 heteroatoms. The summed E-state index contributed by atoms with van der Waals surface area (Å²) in [5.74, 6) is 2.09. The number of imide groups is 1. The van der Waals surface area contributed by atoms with E-state index in [9.17, 15) is 9.59 Å². The highest BCUT2D eigenvalue weighted by molar-refractivity contribution is 8.77. The third-order valence-corrected chi connectivity index (χ3v) is 11.6. The minimum Gasteiger partial charge on any atom is -0.308 e. The molecule has 172 valence electrons. The maximum atomic E-state index is 13.0. The number of carbonyl (C=O) groups is 2. The Balaban J connectivity index is 1.55. The SMILES string of the molecule is O=C(CCCCC1CCSS1)N(C(=O)CCCCC1CCSS1)c1nc(=S)[nH]c(=S)[nH]1. The molecule has 3 rings (SSSR count). The number of hydrogen-bond acceptors (Lipinski definition) is 9. The molecule has 2 atom stereocenters. The van der Waals surface area contributed by atoms with E-state index in [0.717, 1.165) is 38.5 Å². The zero-order valence-electron chi connectivity index (χ0n) is 17.3. The molecule has 2 N–H and O–H groups in total. The highest BCUT2D eigenvalue weighted by Gasteiger charge is 2.25. The van der Waals surface area contributed by atoms with Crippen LogP contribution in [0.25, 0.3) is 0 Å². The van der Waals surface area contributed by atoms with Crippen LogP contribution in [0.4, 0.5) is 5.95 Å². The Morgan fingerprint density at radius 3 is 1.90 bits per heavy atom. The quantitative estimate of drug-likeness (QED) is 0.187. The number of nitrogens with one attached hydrogen (secondary N) is 2. The first-order chi connectivity index (χ1) is 15.0. The van der Waals surface area contributed by atoms with Gasteiger partial charge in [0.2, 0.25) is 22.5 Å². The van der Waals surface area contributed by atoms with Gasteiger partial charge in [0, 0.05) is 34.8 Å². The van der Waals surface area contributed by atoms with Crippen LogP contribution in [0.1, 0.15) is 64.2 Å². The van der Waals surface area contributed by atoms with Gasteiger partial charge in [0.25, 0.3) is 0 Å². The molecule has 6 nitrogen and oxygen atoms in total. The molecule has 2 amide bonds. The van der Waals surface area contributed by atoms with Gasteiger partial charge in [-0.3, -0.25) is 9.59 Å². The summed E-state index contributed by atoms with van der Waals surface area (Å²) in [7, 11) is 7.77. The number of aromatic nitrogens is 3. The first-order valence-corrected chi connectivity index (χ1v) is 16.2. The third-order valence-electron chi connectivity index (χ3n) is 5.15. The van der Waals surface area contributed by atoms with Crippen molar-refractivity contribution in [1.29, 1.82) is 0 Å². The lowest BCUT2D eigenvalue weighted by molar-refractivity contribution is -0.126. The minimum atomic E-state index is -0.236. The molecular weight excluding hydrogens is 509 g/mol. The van der Waals surface area contributed by atoms with Crippen LogP contribution in [-0.2, 0) is 9.59 Å². The summed E-state index contributed by atoms with van der Waals surface area (Å²) in [6.45, 7) is 0. The number of aromatic amines is 2. The highest BCUT2D eigenvalue weighted by Crippen LogP contribution is 2.40. The molecule has 0 bridgehead atoms. The van der Waals surface area contributed by atoms with Gasteiger partial charge in [0.15, 0.2) is 4.77 Å². The van der Waals surface area contributed by atoms with E-state index in [0.29, 0.717) is 23.3 Å². The number of rotatable bonds is 11. The summed E-state index contributed by atoms with van der Waals surface area (Å²) < 4.78 is 0.419. The largest absolute Gasteiger partial charge is 0.308 e. The molecule has 2 unspecified atom stereocenters. The average Bonchev–Trinajstić information content (AvgIpc) is 3.42. The zero-order valence-corrected chi connectivity index (χ0v) is 22.2. The number of carbonyl (C=O) groups excluding carboxylic acids is 2. The molecule has 1 aromatic heterocycles. The fraction of sp³-hybridized carbons (Fsp3) is 0.737. The fourth-order valence-electron chi connectivity index (χ4n) is 3.51. The molecule has 0 aromatic carbocycles. The predicted octanol–water partition coefficient (Wildman–Crippen LogP) is 6.48. The fourth-order valence-corrected chi connectivity index (χ4v) is 10.0. The van der Waals surface area contributed by atoms with Crippen LogP contribution >= 0.6 is 67.6 Å². The summed E-state index contributed by atoms with van der Waals surface area (Å²) in [5, 5.41) is 1.39. The van der Waals surface area contributed by atoms with Crippen LogP contribution in [0.2, 0.25) is 0 Å². The van der Waals surface area contributed by atoms with E-state index in [1.165, 1.54) is 29.2 Å². The molecule has 0 spiro atoms. The number of hydrogen-bond donors (Lipinski definition) is 2. The molecule has 2 aliphatic rings. The second-order valence-electron chi connectivity index (χ2n) is 7.59. The smallest absolute Gasteiger partial charge is 0.236 e. The topological polar surface area (TPSA) is 81.8 Å². The van der Waals surface area contributed by atoms with Crippen molar-refractivity contribution in [2.45, 2.75) is 74.7 Å². The molecule has 2 fully saturated rings. The van der Waals surface area contributed by atoms with Gasteiger partial charge in [-0.2, -0.15) is 4.98 Å². The number of anilines is 1. The lowest BCUT2D eigenvalue weighted by Crippen LogP contribution is -2.38. The van der Waals surface area contributed by atoms with Gasteiger partial charge in [-0.05, 0) is 63.0 Å². The van der Waals surface area contributed by atoms with E-state index in [4.69, 9.17) is 24.4 Å². The highest BCUT2D eigenvalue weighted by atomic mass is 33.1. The third kappa shape index (κ3) is 8.69. The van der Waals surface area contributed by atoms with Crippen LogP contribution in [0.15, 0.2) is 0 Å². The van der Waals surface area contributed by atoms with Crippen LogP contribution in [-0.4, -0.2) is 48.8 Å². The van der Waals surface area contributed by atoms with Crippen molar-refractivity contribution in [3.05, 3.63) is 9.54 Å². The van der Waals surface area contributed by atoms with Crippen molar-refractivity contribution in [3.63, 3.8) is 0 Å². The van der Waals surface area contributed by atoms with E-state index in [1.807, 2.05) is 43.2 Å². The number of unbranched alkanes of at least 4 members (excludes halogenated alkanes) is 2. The maximum Gasteiger partial charge on any atom is 0.236 e. The summed E-state index contributed by atoms with van der Waals surface area (Å²) in [4.78, 5) is 36.9. The first-order valence-electron chi connectivity index (χ1n) is 10.7. The number of H-pyrrole nitrogens is 2. The van der Waals surface area contributed by atoms with Gasteiger partial charge in [-0.25, -0.2) is 4.90 Å². The van der Waals surface area contributed by atoms with Crippen molar-refractivity contribution in [2.75, 3.05) is 16.4 Å². The molecule has 2 saturated heterocycles. The van der Waals surface area contributed by atoms with Gasteiger partial charge in [0.05, 0.1) is 0 Å². The Kier molecular flexibility index (Phi) is 11.3. The summed E-state index contributed by atoms with van der Waals surface area (Å²) in [6, 6.07) is 0. The van der Waals surface area contributed by atoms with E-state index in [-0.39, 0.29) is 27.3 Å². The van der Waals surface area contributed by atoms with Crippen LogP contribution in [0, 0.1) is 9.54 Å². The molecule has 3 heterocycles. The lowest BCUT2D eigenvalue weighted by atomic mass is 10.1. The standard InChI is InChI=1S/C19H28N4O2S6/c24-15(7-3-1-5-13-9-11-28-30-13)23(17-20-18(26)22-19(27)21-17)16(25)8-4-2-6-14-10-12-29-31-14/h13-14H,1-12H2,(H2,20,21,22,26,27). The average molecular weight is 537 g/mol.